The fraction of sp³-hybridized carbons (Fsp3) is 0.900. The molecule has 0 heterocycles. The molecule has 0 aromatic carbocycles. The summed E-state index contributed by atoms with van der Waals surface area (Å²) in [5.74, 6) is -3.68. The topological polar surface area (TPSA) is 185 Å². The average molecular weight is 711 g/mol. The summed E-state index contributed by atoms with van der Waals surface area (Å²) in [6.07, 6.45) is 0. The van der Waals surface area contributed by atoms with Gasteiger partial charge in [0.15, 0.2) is 0 Å². The first-order valence-electron chi connectivity index (χ1n) is 12.4. The van der Waals surface area contributed by atoms with Crippen molar-refractivity contribution in [2.24, 2.45) is 0 Å². The maximum absolute atomic E-state index is 14.4. The molecule has 0 aromatic rings. The summed E-state index contributed by atoms with van der Waals surface area (Å²) < 4.78 is 97.9. The van der Waals surface area contributed by atoms with E-state index in [1.807, 2.05) is 0 Å². The Morgan fingerprint density at radius 2 is 0.756 bits per heavy atom. The van der Waals surface area contributed by atoms with E-state index in [9.17, 15) is 27.8 Å². The van der Waals surface area contributed by atoms with Crippen molar-refractivity contribution >= 4 is 65.8 Å². The number of hydrogen-bond acceptors (Lipinski definition) is 17. The Balaban J connectivity index is 7.87. The van der Waals surface area contributed by atoms with Crippen LogP contribution >= 0.6 is 53.9 Å². The highest BCUT2D eigenvalue weighted by atomic mass is 32.2. The monoisotopic (exact) mass is 710 g/mol. The molecule has 0 aliphatic rings. The van der Waals surface area contributed by atoms with Crippen LogP contribution in [0.3, 0.4) is 0 Å². The SMILES string of the molecule is CCOP(=O)(OCC)C(SCC)(C(=O)OC(=O)C(SCC)(P(=O)(OC)OC)P(=O)(OC)OC)P(=O)(OCC)OCC. The van der Waals surface area contributed by atoms with Gasteiger partial charge in [-0.2, -0.15) is 0 Å². The largest absolute Gasteiger partial charge is 0.389 e. The quantitative estimate of drug-likeness (QED) is 0.0684. The van der Waals surface area contributed by atoms with Gasteiger partial charge in [0.1, 0.15) is 0 Å². The van der Waals surface area contributed by atoms with Crippen LogP contribution in [0.25, 0.3) is 0 Å². The maximum atomic E-state index is 14.4. The first-order valence-corrected chi connectivity index (χ1v) is 20.6. The summed E-state index contributed by atoms with van der Waals surface area (Å²) in [5, 5.41) is 0. The van der Waals surface area contributed by atoms with Crippen LogP contribution in [0.2, 0.25) is 0 Å². The summed E-state index contributed by atoms with van der Waals surface area (Å²) >= 11 is 0.930. The lowest BCUT2D eigenvalue weighted by molar-refractivity contribution is -0.158. The van der Waals surface area contributed by atoms with Gasteiger partial charge in [-0.15, -0.1) is 23.5 Å². The predicted octanol–water partition coefficient (Wildman–Crippen LogP) is 6.37. The Hall–Kier alpha value is 0.440. The van der Waals surface area contributed by atoms with Gasteiger partial charge in [0.05, 0.1) is 26.4 Å². The van der Waals surface area contributed by atoms with Crippen molar-refractivity contribution in [2.75, 3.05) is 66.4 Å². The van der Waals surface area contributed by atoms with E-state index >= 15 is 0 Å². The van der Waals surface area contributed by atoms with Gasteiger partial charge < -0.3 is 40.9 Å². The Labute approximate surface area is 250 Å². The predicted molar refractivity (Wildman–Crippen MR) is 158 cm³/mol. The van der Waals surface area contributed by atoms with Crippen LogP contribution < -0.4 is 0 Å². The first-order chi connectivity index (χ1) is 19.2. The molecule has 244 valence electrons. The molecule has 0 saturated carbocycles. The number of hydrogen-bond donors (Lipinski definition) is 0. The van der Waals surface area contributed by atoms with E-state index in [2.05, 4.69) is 0 Å². The smallest absolute Gasteiger partial charge is 0.370 e. The van der Waals surface area contributed by atoms with Gasteiger partial charge in [-0.25, -0.2) is 9.59 Å². The fourth-order valence-corrected chi connectivity index (χ4v) is 18.9. The Bertz CT molecular complexity index is 964. The molecule has 0 spiro atoms. The van der Waals surface area contributed by atoms with Crippen molar-refractivity contribution in [1.29, 1.82) is 0 Å². The molecule has 0 N–H and O–H groups in total. The van der Waals surface area contributed by atoms with Crippen LogP contribution in [0.15, 0.2) is 0 Å². The molecule has 0 radical (unpaired) electrons. The molecule has 0 fully saturated rings. The summed E-state index contributed by atoms with van der Waals surface area (Å²) in [4.78, 5) is 28.3. The molecule has 0 aliphatic heterocycles. The molecule has 0 aliphatic carbocycles. The minimum atomic E-state index is -4.89. The standard InChI is InChI=1S/C20H42O15P4S2/c1-11-31-38(25,32-12-2)20(41-16-6,39(26,33-13-3)34-14-4)18(22)35-17(21)19(40-15-5,36(23,27-7)28-8)37(24,29-9)30-10/h11-16H2,1-10H3. The molecule has 0 atom stereocenters. The zero-order chi connectivity index (χ0) is 32.2. The maximum Gasteiger partial charge on any atom is 0.370 e. The van der Waals surface area contributed by atoms with Gasteiger partial charge in [0.2, 0.25) is 0 Å². The van der Waals surface area contributed by atoms with Crippen LogP contribution in [-0.2, 0) is 68.8 Å². The highest BCUT2D eigenvalue weighted by molar-refractivity contribution is 8.15. The van der Waals surface area contributed by atoms with Crippen LogP contribution in [-0.4, -0.2) is 86.8 Å². The number of carbonyl (C=O) groups is 2. The number of ether oxygens (including phenoxy) is 1. The molecule has 0 saturated heterocycles. The van der Waals surface area contributed by atoms with E-state index in [0.29, 0.717) is 23.5 Å². The Morgan fingerprint density at radius 3 is 0.951 bits per heavy atom. The molecular weight excluding hydrogens is 668 g/mol. The lowest BCUT2D eigenvalue weighted by Gasteiger charge is -2.40. The van der Waals surface area contributed by atoms with E-state index in [1.54, 1.807) is 0 Å². The fourth-order valence-electron chi connectivity index (χ4n) is 3.55. The molecule has 15 nitrogen and oxygen atoms in total. The van der Waals surface area contributed by atoms with E-state index < -0.39 is 50.8 Å². The molecule has 0 rings (SSSR count). The van der Waals surface area contributed by atoms with Crippen LogP contribution in [0.5, 0.6) is 0 Å². The van der Waals surface area contributed by atoms with E-state index in [0.717, 1.165) is 28.4 Å². The number of carbonyl (C=O) groups excluding carboxylic acids is 2. The highest BCUT2D eigenvalue weighted by Gasteiger charge is 2.76. The molecule has 0 unspecified atom stereocenters. The van der Waals surface area contributed by atoms with E-state index in [1.165, 1.54) is 41.5 Å². The number of esters is 2. The van der Waals surface area contributed by atoms with Crippen molar-refractivity contribution in [1.82, 2.24) is 0 Å². The molecule has 21 heteroatoms. The van der Waals surface area contributed by atoms with Gasteiger partial charge in [-0.3, -0.25) is 18.3 Å². The second-order valence-electron chi connectivity index (χ2n) is 7.15. The lowest BCUT2D eigenvalue weighted by Crippen LogP contribution is -2.46. The molecule has 0 amide bonds. The third-order valence-corrected chi connectivity index (χ3v) is 22.0. The van der Waals surface area contributed by atoms with Crippen molar-refractivity contribution in [2.45, 2.75) is 50.0 Å². The van der Waals surface area contributed by atoms with Crippen molar-refractivity contribution < 1.29 is 68.8 Å². The van der Waals surface area contributed by atoms with Crippen LogP contribution in [0.1, 0.15) is 41.5 Å². The third-order valence-electron chi connectivity index (χ3n) is 5.05. The zero-order valence-corrected chi connectivity index (χ0v) is 30.2. The zero-order valence-electron chi connectivity index (χ0n) is 25.0. The normalized spacial score (nSPS) is 13.8. The minimum absolute atomic E-state index is 0.0598. The van der Waals surface area contributed by atoms with E-state index in [4.69, 9.17) is 40.9 Å². The van der Waals surface area contributed by atoms with Crippen molar-refractivity contribution in [3.8, 4) is 0 Å². The highest BCUT2D eigenvalue weighted by Crippen LogP contribution is 2.84. The molecule has 41 heavy (non-hydrogen) atoms. The summed E-state index contributed by atoms with van der Waals surface area (Å²) in [7, 11) is -15.8. The second-order valence-corrected chi connectivity index (χ2v) is 21.2. The van der Waals surface area contributed by atoms with Crippen LogP contribution in [0, 0.1) is 0 Å². The summed E-state index contributed by atoms with van der Waals surface area (Å²) in [5.41, 5.74) is 0. The average Bonchev–Trinajstić information content (AvgIpc) is 2.93. The molecule has 0 bridgehead atoms. The van der Waals surface area contributed by atoms with E-state index in [-0.39, 0.29) is 37.9 Å². The minimum Gasteiger partial charge on any atom is -0.389 e. The van der Waals surface area contributed by atoms with Crippen molar-refractivity contribution in [3.63, 3.8) is 0 Å². The van der Waals surface area contributed by atoms with Gasteiger partial charge in [-0.05, 0) is 39.2 Å². The molecule has 0 aromatic heterocycles. The number of thioether (sulfide) groups is 2. The third kappa shape index (κ3) is 7.64. The first kappa shape index (κ1) is 41.4. The van der Waals surface area contributed by atoms with Gasteiger partial charge in [0, 0.05) is 28.4 Å². The summed E-state index contributed by atoms with van der Waals surface area (Å²) in [6, 6.07) is 0. The van der Waals surface area contributed by atoms with Crippen LogP contribution in [0.4, 0.5) is 0 Å². The Morgan fingerprint density at radius 1 is 0.512 bits per heavy atom. The van der Waals surface area contributed by atoms with Gasteiger partial charge in [0.25, 0.3) is 0 Å². The summed E-state index contributed by atoms with van der Waals surface area (Å²) in [6.45, 7) is 7.66. The lowest BCUT2D eigenvalue weighted by atomic mass is 10.7. The second kappa shape index (κ2) is 17.8. The van der Waals surface area contributed by atoms with Gasteiger partial charge in [-0.1, -0.05) is 13.8 Å². The van der Waals surface area contributed by atoms with Gasteiger partial charge >= 0.3 is 50.8 Å². The van der Waals surface area contributed by atoms with Crippen molar-refractivity contribution in [3.05, 3.63) is 0 Å². The molecular formula is C20H42O15P4S2. The number of rotatable bonds is 22. The Kier molecular flexibility index (Phi) is 18.0.